The Morgan fingerprint density at radius 3 is 1.33 bits per heavy atom. The third-order valence-corrected chi connectivity index (χ3v) is 0. The number of halogens is 1. The van der Waals surface area contributed by atoms with Gasteiger partial charge < -0.3 is 0 Å². The van der Waals surface area contributed by atoms with Crippen LogP contribution in [-0.4, -0.2) is 6.26 Å². The molecule has 0 bridgehead atoms. The highest BCUT2D eigenvalue weighted by Crippen LogP contribution is 2.00. The highest BCUT2D eigenvalue weighted by Gasteiger charge is 1.37. The number of rotatable bonds is 0. The van der Waals surface area contributed by atoms with E-state index in [1.54, 1.807) is 8.93 Å². The van der Waals surface area contributed by atoms with E-state index >= 15 is 0 Å². The van der Waals surface area contributed by atoms with Gasteiger partial charge in [-0.3, -0.25) is 0 Å². The van der Waals surface area contributed by atoms with E-state index in [2.05, 4.69) is 21.2 Å². The molecule has 0 radical (unpaired) electrons. The molecule has 0 aromatic rings. The van der Waals surface area contributed by atoms with Crippen LogP contribution in [0.2, 0.25) is 0 Å². The predicted octanol–water partition coefficient (Wildman–Crippen LogP) is 3.03. The van der Waals surface area contributed by atoms with E-state index in [1.165, 1.54) is 0 Å². The molecule has 0 heterocycles. The molecule has 3 heteroatoms. The van der Waals surface area contributed by atoms with E-state index in [-0.39, 0.29) is 24.8 Å². The summed E-state index contributed by atoms with van der Waals surface area (Å²) in [6.45, 7) is 0. The topological polar surface area (TPSA) is 0 Å². The van der Waals surface area contributed by atoms with E-state index in [0.29, 0.717) is 0 Å². The average molecular weight is 240 g/mol. The second-order valence-corrected chi connectivity index (χ2v) is 3.11. The van der Waals surface area contributed by atoms with Crippen LogP contribution < -0.4 is 0 Å². The Morgan fingerprint density at radius 1 is 1.33 bits per heavy atom. The van der Waals surface area contributed by atoms with E-state index < -0.39 is 0 Å². The van der Waals surface area contributed by atoms with E-state index in [1.807, 2.05) is 6.26 Å². The summed E-state index contributed by atoms with van der Waals surface area (Å²) in [4.78, 5) is 0. The Kier molecular flexibility index (Phi) is 135. The third kappa shape index (κ3) is 49.2. The molecule has 0 aromatic heterocycles. The minimum Gasteiger partial charge on any atom is -0.153 e. The van der Waals surface area contributed by atoms with Gasteiger partial charge in [0.2, 0.25) is 0 Å². The van der Waals surface area contributed by atoms with Crippen LogP contribution in [0.15, 0.2) is 0 Å². The number of hydrogen-bond acceptors (Lipinski definition) is 1. The van der Waals surface area contributed by atoms with Crippen LogP contribution in [0.25, 0.3) is 0 Å². The maximum absolute atomic E-state index is 2.20. The molecular formula is C3H14IPS. The molecule has 0 spiro atoms. The van der Waals surface area contributed by atoms with Gasteiger partial charge in [-0.2, -0.15) is 9.90 Å². The van der Waals surface area contributed by atoms with Crippen LogP contribution in [0.5, 0.6) is 0 Å². The Morgan fingerprint density at radius 2 is 1.33 bits per heavy atom. The van der Waals surface area contributed by atoms with Gasteiger partial charge in [-0.05, 0) is 27.5 Å². The van der Waals surface area contributed by atoms with Gasteiger partial charge >= 0.3 is 0 Å². The zero-order valence-electron chi connectivity index (χ0n) is 2.49. The van der Waals surface area contributed by atoms with Crippen LogP contribution >= 0.6 is 40.0 Å². The van der Waals surface area contributed by atoms with Crippen molar-refractivity contribution in [3.8, 4) is 0 Å². The molecule has 0 aliphatic carbocycles. The van der Waals surface area contributed by atoms with E-state index in [4.69, 9.17) is 0 Å². The lowest BCUT2D eigenvalue weighted by Crippen LogP contribution is -1.05. The van der Waals surface area contributed by atoms with Crippen LogP contribution in [0.3, 0.4) is 0 Å². The van der Waals surface area contributed by atoms with Crippen molar-refractivity contribution < 1.29 is 0 Å². The second-order valence-electron chi connectivity index (χ2n) is 0.154. The molecular weight excluding hydrogens is 226 g/mol. The molecule has 0 fully saturated rings. The van der Waals surface area contributed by atoms with Crippen molar-refractivity contribution in [2.75, 3.05) is 6.26 Å². The van der Waals surface area contributed by atoms with Gasteiger partial charge in [0.15, 0.2) is 0 Å². The van der Waals surface area contributed by atoms with Gasteiger partial charge in [-0.15, -0.1) is 0 Å². The average Bonchev–Trinajstić information content (AvgIpc) is 0.918. The van der Waals surface area contributed by atoms with Crippen molar-refractivity contribution in [3.63, 3.8) is 0 Å². The summed E-state index contributed by atoms with van der Waals surface area (Å²) in [6.07, 6.45) is 2.03. The van der Waals surface area contributed by atoms with Crippen molar-refractivity contribution >= 4 is 40.0 Å². The fourth-order valence-corrected chi connectivity index (χ4v) is 0. The molecule has 0 N–H and O–H groups in total. The molecule has 0 aliphatic heterocycles. The number of hydrogen-bond donors (Lipinski definition) is 0. The summed E-state index contributed by atoms with van der Waals surface area (Å²) in [5, 5.41) is 0. The molecule has 0 rings (SSSR count). The monoisotopic (exact) mass is 240 g/mol. The lowest BCUT2D eigenvalue weighted by Gasteiger charge is -1.46. The Hall–Kier alpha value is 1.51. The van der Waals surface area contributed by atoms with E-state index in [9.17, 15) is 0 Å². The highest BCUT2D eigenvalue weighted by molar-refractivity contribution is 14.2. The molecule has 0 saturated heterocycles. The van der Waals surface area contributed by atoms with Crippen molar-refractivity contribution in [1.82, 2.24) is 0 Å². The first-order valence-electron chi connectivity index (χ1n) is 0.563. The fourth-order valence-electron chi connectivity index (χ4n) is 0. The summed E-state index contributed by atoms with van der Waals surface area (Å²) < 4.78 is 0. The Balaban J connectivity index is -0.00000000667. The van der Waals surface area contributed by atoms with E-state index in [0.717, 1.165) is 0 Å². The smallest absolute Gasteiger partial charge is 0.00450 e. The molecule has 0 aliphatic rings. The van der Waals surface area contributed by atoms with Crippen molar-refractivity contribution in [3.05, 3.63) is 0 Å². The lowest BCUT2D eigenvalue weighted by molar-refractivity contribution is 2.50. The molecule has 1 unspecified atom stereocenters. The first-order chi connectivity index (χ1) is 1.41. The standard InChI is InChI=1S/CH3IS.2CH4.H3P/c1-3-2;;;/h1H3;2*1H4;1H3. The summed E-state index contributed by atoms with van der Waals surface area (Å²) in [6, 6.07) is 0. The van der Waals surface area contributed by atoms with Crippen molar-refractivity contribution in [2.45, 2.75) is 14.9 Å². The summed E-state index contributed by atoms with van der Waals surface area (Å²) in [5.41, 5.74) is 0. The van der Waals surface area contributed by atoms with Gasteiger partial charge in [0.05, 0.1) is 0 Å². The van der Waals surface area contributed by atoms with Crippen molar-refractivity contribution in [2.24, 2.45) is 0 Å². The van der Waals surface area contributed by atoms with Crippen LogP contribution in [0.1, 0.15) is 14.9 Å². The minimum atomic E-state index is 0. The summed E-state index contributed by atoms with van der Waals surface area (Å²) in [7, 11) is 1.72. The van der Waals surface area contributed by atoms with Crippen molar-refractivity contribution in [1.29, 1.82) is 0 Å². The molecule has 0 aromatic carbocycles. The predicted molar refractivity (Wildman–Crippen MR) is 52.1 cm³/mol. The van der Waals surface area contributed by atoms with Gasteiger partial charge in [0.25, 0.3) is 0 Å². The summed E-state index contributed by atoms with van der Waals surface area (Å²) in [5.74, 6) is 0. The zero-order valence-corrected chi connectivity index (χ0v) is 6.88. The largest absolute Gasteiger partial charge is 0.153 e. The molecule has 0 nitrogen and oxygen atoms in total. The fraction of sp³-hybridized carbons (Fsp3) is 1.00. The first-order valence-corrected chi connectivity index (χ1v) is 4.33. The Labute approximate surface area is 61.1 Å². The maximum atomic E-state index is 2.20. The minimum absolute atomic E-state index is 0. The normalized spacial score (nSPS) is 3.00. The highest BCUT2D eigenvalue weighted by atomic mass is 127. The van der Waals surface area contributed by atoms with Crippen LogP contribution in [-0.2, 0) is 0 Å². The van der Waals surface area contributed by atoms with Crippen LogP contribution in [0.4, 0.5) is 0 Å². The molecule has 6 heavy (non-hydrogen) atoms. The molecule has 0 amide bonds. The SMILES string of the molecule is C.C.CSI.P. The third-order valence-electron chi connectivity index (χ3n) is 0. The van der Waals surface area contributed by atoms with Gasteiger partial charge in [-0.25, -0.2) is 0 Å². The van der Waals surface area contributed by atoms with Gasteiger partial charge in [0, 0.05) is 0 Å². The van der Waals surface area contributed by atoms with Gasteiger partial charge in [-0.1, -0.05) is 23.8 Å². The quantitative estimate of drug-likeness (QED) is 0.463. The first kappa shape index (κ1) is 25.8. The lowest BCUT2D eigenvalue weighted by atomic mass is 12.0. The second kappa shape index (κ2) is 31.4. The maximum Gasteiger partial charge on any atom is -0.00450 e. The van der Waals surface area contributed by atoms with Gasteiger partial charge in [0.1, 0.15) is 0 Å². The molecule has 0 saturated carbocycles. The molecule has 1 atom stereocenters. The zero-order chi connectivity index (χ0) is 2.71. The van der Waals surface area contributed by atoms with Crippen LogP contribution in [0, 0.1) is 0 Å². The molecule has 44 valence electrons. The Bertz CT molecular complexity index is 10.8. The summed E-state index contributed by atoms with van der Waals surface area (Å²) >= 11 is 2.20.